The molecule has 0 aliphatic heterocycles. The van der Waals surface area contributed by atoms with Gasteiger partial charge in [0.15, 0.2) is 0 Å². The molecular weight excluding hydrogens is 318 g/mol. The minimum Gasteiger partial charge on any atom is -0.464 e. The van der Waals surface area contributed by atoms with Crippen LogP contribution in [0.3, 0.4) is 0 Å². The van der Waals surface area contributed by atoms with Gasteiger partial charge in [-0.2, -0.15) is 0 Å². The van der Waals surface area contributed by atoms with E-state index < -0.39 is 5.54 Å². The van der Waals surface area contributed by atoms with Crippen LogP contribution in [-0.2, 0) is 9.53 Å². The summed E-state index contributed by atoms with van der Waals surface area (Å²) in [6, 6.07) is 7.91. The molecule has 1 saturated carbocycles. The molecule has 1 aliphatic rings. The zero-order valence-corrected chi connectivity index (χ0v) is 13.7. The number of hydrogen-bond donors (Lipinski definition) is 1. The van der Waals surface area contributed by atoms with Gasteiger partial charge in [0, 0.05) is 10.2 Å². The molecule has 0 spiro atoms. The average molecular weight is 340 g/mol. The molecule has 0 saturated heterocycles. The van der Waals surface area contributed by atoms with Crippen molar-refractivity contribution in [3.63, 3.8) is 0 Å². The van der Waals surface area contributed by atoms with Gasteiger partial charge in [0.1, 0.15) is 5.54 Å². The molecule has 1 N–H and O–H groups in total. The number of esters is 1. The zero-order chi connectivity index (χ0) is 14.6. The molecule has 0 radical (unpaired) electrons. The van der Waals surface area contributed by atoms with Crippen LogP contribution in [0.1, 0.15) is 39.5 Å². The number of hydrogen-bond acceptors (Lipinski definition) is 3. The molecule has 2 rings (SSSR count). The molecule has 3 nitrogen and oxygen atoms in total. The van der Waals surface area contributed by atoms with Crippen molar-refractivity contribution in [3.8, 4) is 0 Å². The highest BCUT2D eigenvalue weighted by molar-refractivity contribution is 9.10. The molecule has 1 aromatic rings. The smallest absolute Gasteiger partial charge is 0.331 e. The Bertz CT molecular complexity index is 477. The fourth-order valence-corrected chi connectivity index (χ4v) is 3.37. The Hall–Kier alpha value is -1.03. The maximum atomic E-state index is 12.5. The third-order valence-electron chi connectivity index (χ3n) is 3.91. The minimum absolute atomic E-state index is 0.123. The summed E-state index contributed by atoms with van der Waals surface area (Å²) in [5, 5.41) is 3.46. The Balaban J connectivity index is 2.27. The summed E-state index contributed by atoms with van der Waals surface area (Å²) >= 11 is 3.54. The Labute approximate surface area is 129 Å². The van der Waals surface area contributed by atoms with E-state index in [0.29, 0.717) is 12.5 Å². The van der Waals surface area contributed by atoms with Crippen molar-refractivity contribution >= 4 is 27.6 Å². The summed E-state index contributed by atoms with van der Waals surface area (Å²) in [5.74, 6) is 0.408. The predicted octanol–water partition coefficient (Wildman–Crippen LogP) is 4.37. The highest BCUT2D eigenvalue weighted by Crippen LogP contribution is 2.37. The number of nitrogens with one attached hydrogen (secondary N) is 1. The van der Waals surface area contributed by atoms with Crippen LogP contribution in [0.25, 0.3) is 0 Å². The van der Waals surface area contributed by atoms with Crippen LogP contribution >= 0.6 is 15.9 Å². The van der Waals surface area contributed by atoms with Crippen LogP contribution in [0.5, 0.6) is 0 Å². The van der Waals surface area contributed by atoms with Crippen molar-refractivity contribution in [3.05, 3.63) is 28.7 Å². The highest BCUT2D eigenvalue weighted by atomic mass is 79.9. The molecule has 2 unspecified atom stereocenters. The summed E-state index contributed by atoms with van der Waals surface area (Å²) in [7, 11) is 0. The fraction of sp³-hybridized carbons (Fsp3) is 0.562. The Morgan fingerprint density at radius 2 is 2.25 bits per heavy atom. The number of ether oxygens (including phenoxy) is 1. The Morgan fingerprint density at radius 3 is 2.90 bits per heavy atom. The van der Waals surface area contributed by atoms with Gasteiger partial charge in [-0.25, -0.2) is 4.79 Å². The quantitative estimate of drug-likeness (QED) is 0.827. The number of rotatable bonds is 4. The van der Waals surface area contributed by atoms with E-state index in [1.54, 1.807) is 0 Å². The molecule has 0 bridgehead atoms. The predicted molar refractivity (Wildman–Crippen MR) is 84.8 cm³/mol. The van der Waals surface area contributed by atoms with Crippen molar-refractivity contribution in [2.24, 2.45) is 5.92 Å². The molecule has 20 heavy (non-hydrogen) atoms. The van der Waals surface area contributed by atoms with Crippen molar-refractivity contribution in [1.82, 2.24) is 0 Å². The largest absolute Gasteiger partial charge is 0.464 e. The van der Waals surface area contributed by atoms with Crippen LogP contribution in [0.15, 0.2) is 28.7 Å². The first-order valence-electron chi connectivity index (χ1n) is 7.27. The van der Waals surface area contributed by atoms with Gasteiger partial charge >= 0.3 is 5.97 Å². The van der Waals surface area contributed by atoms with Crippen LogP contribution in [-0.4, -0.2) is 18.1 Å². The van der Waals surface area contributed by atoms with E-state index in [0.717, 1.165) is 29.4 Å². The summed E-state index contributed by atoms with van der Waals surface area (Å²) in [4.78, 5) is 12.5. The van der Waals surface area contributed by atoms with Crippen LogP contribution in [0, 0.1) is 5.92 Å². The molecule has 1 fully saturated rings. The molecule has 1 aromatic carbocycles. The maximum absolute atomic E-state index is 12.5. The lowest BCUT2D eigenvalue weighted by Gasteiger charge is -2.39. The van der Waals surface area contributed by atoms with E-state index in [-0.39, 0.29) is 5.97 Å². The topological polar surface area (TPSA) is 38.3 Å². The molecule has 4 heteroatoms. The molecule has 110 valence electrons. The third-order valence-corrected chi connectivity index (χ3v) is 4.60. The SMILES string of the molecule is CCOC(=O)C1(Nc2ccccc2Br)CCCC(C)C1. The van der Waals surface area contributed by atoms with Gasteiger partial charge in [0.25, 0.3) is 0 Å². The monoisotopic (exact) mass is 339 g/mol. The summed E-state index contributed by atoms with van der Waals surface area (Å²) in [6.45, 7) is 4.48. The standard InChI is InChI=1S/C16H22BrNO2/c1-3-20-15(19)16(10-6-7-12(2)11-16)18-14-9-5-4-8-13(14)17/h4-5,8-9,12,18H,3,6-7,10-11H2,1-2H3. The first kappa shape index (κ1) is 15.4. The van der Waals surface area contributed by atoms with Gasteiger partial charge in [-0.3, -0.25) is 0 Å². The summed E-state index contributed by atoms with van der Waals surface area (Å²) < 4.78 is 6.30. The second-order valence-electron chi connectivity index (χ2n) is 5.61. The van der Waals surface area contributed by atoms with Gasteiger partial charge in [-0.15, -0.1) is 0 Å². The van der Waals surface area contributed by atoms with E-state index in [1.807, 2.05) is 31.2 Å². The average Bonchev–Trinajstić information content (AvgIpc) is 2.42. The van der Waals surface area contributed by atoms with Crippen molar-refractivity contribution in [2.75, 3.05) is 11.9 Å². The lowest BCUT2D eigenvalue weighted by atomic mass is 9.76. The molecular formula is C16H22BrNO2. The number of carbonyl (C=O) groups is 1. The molecule has 0 aromatic heterocycles. The van der Waals surface area contributed by atoms with E-state index >= 15 is 0 Å². The number of halogens is 1. The number of benzene rings is 1. The second-order valence-corrected chi connectivity index (χ2v) is 6.46. The fourth-order valence-electron chi connectivity index (χ4n) is 2.99. The number of para-hydroxylation sites is 1. The first-order chi connectivity index (χ1) is 9.57. The summed E-state index contributed by atoms with van der Waals surface area (Å²) in [5.41, 5.74) is 0.368. The van der Waals surface area contributed by atoms with Gasteiger partial charge in [0.2, 0.25) is 0 Å². The van der Waals surface area contributed by atoms with E-state index in [9.17, 15) is 4.79 Å². The molecule has 0 amide bonds. The van der Waals surface area contributed by atoms with Crippen molar-refractivity contribution in [1.29, 1.82) is 0 Å². The van der Waals surface area contributed by atoms with E-state index in [2.05, 4.69) is 28.2 Å². The van der Waals surface area contributed by atoms with Gasteiger partial charge < -0.3 is 10.1 Å². The van der Waals surface area contributed by atoms with Gasteiger partial charge in [0.05, 0.1) is 6.61 Å². The minimum atomic E-state index is -0.586. The second kappa shape index (κ2) is 6.61. The molecule has 2 atom stereocenters. The zero-order valence-electron chi connectivity index (χ0n) is 12.1. The van der Waals surface area contributed by atoms with Crippen LogP contribution in [0.4, 0.5) is 5.69 Å². The van der Waals surface area contributed by atoms with E-state index in [4.69, 9.17) is 4.74 Å². The maximum Gasteiger partial charge on any atom is 0.331 e. The first-order valence-corrected chi connectivity index (χ1v) is 8.06. The Kier molecular flexibility index (Phi) is 5.08. The summed E-state index contributed by atoms with van der Waals surface area (Å²) in [6.07, 6.45) is 3.89. The van der Waals surface area contributed by atoms with Crippen LogP contribution in [0.2, 0.25) is 0 Å². The molecule has 1 aliphatic carbocycles. The lowest BCUT2D eigenvalue weighted by molar-refractivity contribution is -0.150. The van der Waals surface area contributed by atoms with E-state index in [1.165, 1.54) is 6.42 Å². The molecule has 0 heterocycles. The number of carbonyl (C=O) groups excluding carboxylic acids is 1. The van der Waals surface area contributed by atoms with Crippen molar-refractivity contribution in [2.45, 2.75) is 45.1 Å². The Morgan fingerprint density at radius 1 is 1.50 bits per heavy atom. The third kappa shape index (κ3) is 3.35. The highest BCUT2D eigenvalue weighted by Gasteiger charge is 2.43. The van der Waals surface area contributed by atoms with Crippen molar-refractivity contribution < 1.29 is 9.53 Å². The number of anilines is 1. The van der Waals surface area contributed by atoms with Gasteiger partial charge in [-0.05, 0) is 53.7 Å². The van der Waals surface area contributed by atoms with Crippen LogP contribution < -0.4 is 5.32 Å². The lowest BCUT2D eigenvalue weighted by Crippen LogP contribution is -2.50. The normalized spacial score (nSPS) is 26.1. The van der Waals surface area contributed by atoms with Gasteiger partial charge in [-0.1, -0.05) is 31.9 Å².